The van der Waals surface area contributed by atoms with Crippen LogP contribution in [0.2, 0.25) is 5.02 Å². The first-order chi connectivity index (χ1) is 11.5. The van der Waals surface area contributed by atoms with Crippen molar-refractivity contribution in [1.29, 1.82) is 0 Å². The number of carbonyl (C=O) groups is 2. The van der Waals surface area contributed by atoms with Crippen LogP contribution in [0.1, 0.15) is 28.4 Å². The topological polar surface area (TPSA) is 55.4 Å². The Morgan fingerprint density at radius 2 is 1.88 bits per heavy atom. The van der Waals surface area contributed by atoms with Gasteiger partial charge in [-0.2, -0.15) is 0 Å². The second-order valence-electron chi connectivity index (χ2n) is 5.15. The van der Waals surface area contributed by atoms with Gasteiger partial charge in [0, 0.05) is 11.8 Å². The van der Waals surface area contributed by atoms with E-state index >= 15 is 0 Å². The quantitative estimate of drug-likeness (QED) is 0.643. The molecule has 0 saturated carbocycles. The SMILES string of the molecule is CCOC(=O)c1cc(NC(=O)/C=C/c2ccc(C)cc2)ccc1Cl. The number of esters is 1. The number of hydrogen-bond acceptors (Lipinski definition) is 3. The van der Waals surface area contributed by atoms with Crippen LogP contribution in [0.15, 0.2) is 48.5 Å². The van der Waals surface area contributed by atoms with E-state index in [1.165, 1.54) is 12.1 Å². The highest BCUT2D eigenvalue weighted by molar-refractivity contribution is 6.33. The first-order valence-electron chi connectivity index (χ1n) is 7.52. The number of aryl methyl sites for hydroxylation is 1. The van der Waals surface area contributed by atoms with Crippen LogP contribution < -0.4 is 5.32 Å². The Labute approximate surface area is 146 Å². The molecule has 2 aromatic rings. The molecule has 1 amide bonds. The zero-order valence-electron chi connectivity index (χ0n) is 13.5. The van der Waals surface area contributed by atoms with Crippen LogP contribution in [0.3, 0.4) is 0 Å². The van der Waals surface area contributed by atoms with E-state index in [9.17, 15) is 9.59 Å². The summed E-state index contributed by atoms with van der Waals surface area (Å²) in [6.07, 6.45) is 3.15. The summed E-state index contributed by atoms with van der Waals surface area (Å²) < 4.78 is 4.93. The number of halogens is 1. The van der Waals surface area contributed by atoms with Gasteiger partial charge in [0.15, 0.2) is 0 Å². The van der Waals surface area contributed by atoms with E-state index in [4.69, 9.17) is 16.3 Å². The van der Waals surface area contributed by atoms with Gasteiger partial charge in [-0.3, -0.25) is 4.79 Å². The molecular weight excluding hydrogens is 326 g/mol. The van der Waals surface area contributed by atoms with Crippen LogP contribution in [-0.4, -0.2) is 18.5 Å². The molecule has 0 spiro atoms. The van der Waals surface area contributed by atoms with Gasteiger partial charge in [0.25, 0.3) is 0 Å². The number of carbonyl (C=O) groups excluding carboxylic acids is 2. The Morgan fingerprint density at radius 3 is 2.54 bits per heavy atom. The van der Waals surface area contributed by atoms with Gasteiger partial charge < -0.3 is 10.1 Å². The molecule has 0 saturated heterocycles. The van der Waals surface area contributed by atoms with E-state index < -0.39 is 5.97 Å². The summed E-state index contributed by atoms with van der Waals surface area (Å²) in [7, 11) is 0. The van der Waals surface area contributed by atoms with Crippen molar-refractivity contribution >= 4 is 35.2 Å². The lowest BCUT2D eigenvalue weighted by molar-refractivity contribution is -0.111. The lowest BCUT2D eigenvalue weighted by Crippen LogP contribution is -2.10. The number of ether oxygens (including phenoxy) is 1. The Bertz CT molecular complexity index is 767. The fraction of sp³-hybridized carbons (Fsp3) is 0.158. The Morgan fingerprint density at radius 1 is 1.17 bits per heavy atom. The van der Waals surface area contributed by atoms with Crippen molar-refractivity contribution in [3.05, 3.63) is 70.3 Å². The van der Waals surface area contributed by atoms with Crippen molar-refractivity contribution < 1.29 is 14.3 Å². The molecule has 0 aliphatic carbocycles. The average Bonchev–Trinajstić information content (AvgIpc) is 2.56. The van der Waals surface area contributed by atoms with Crippen molar-refractivity contribution in [2.24, 2.45) is 0 Å². The smallest absolute Gasteiger partial charge is 0.339 e. The highest BCUT2D eigenvalue weighted by atomic mass is 35.5. The van der Waals surface area contributed by atoms with E-state index in [-0.39, 0.29) is 23.1 Å². The predicted molar refractivity (Wildman–Crippen MR) is 96.3 cm³/mol. The van der Waals surface area contributed by atoms with Gasteiger partial charge >= 0.3 is 5.97 Å². The minimum atomic E-state index is -0.520. The summed E-state index contributed by atoms with van der Waals surface area (Å²) >= 11 is 5.99. The third kappa shape index (κ3) is 4.96. The van der Waals surface area contributed by atoms with Gasteiger partial charge in [-0.1, -0.05) is 41.4 Å². The monoisotopic (exact) mass is 343 g/mol. The van der Waals surface area contributed by atoms with E-state index in [2.05, 4.69) is 5.32 Å². The molecule has 2 rings (SSSR count). The third-order valence-electron chi connectivity index (χ3n) is 3.23. The van der Waals surface area contributed by atoms with Gasteiger partial charge in [-0.05, 0) is 43.7 Å². The van der Waals surface area contributed by atoms with Crippen LogP contribution in [-0.2, 0) is 9.53 Å². The third-order valence-corrected chi connectivity index (χ3v) is 3.56. The molecule has 0 fully saturated rings. The molecule has 2 aromatic carbocycles. The molecule has 0 aliphatic heterocycles. The van der Waals surface area contributed by atoms with Crippen molar-refractivity contribution in [2.75, 3.05) is 11.9 Å². The maximum atomic E-state index is 12.0. The Kier molecular flexibility index (Phi) is 6.15. The van der Waals surface area contributed by atoms with Crippen molar-refractivity contribution in [3.63, 3.8) is 0 Å². The molecule has 0 aliphatic rings. The molecule has 0 heterocycles. The molecule has 0 unspecified atom stereocenters. The number of hydrogen-bond donors (Lipinski definition) is 1. The highest BCUT2D eigenvalue weighted by Gasteiger charge is 2.12. The normalized spacial score (nSPS) is 10.6. The molecule has 124 valence electrons. The largest absolute Gasteiger partial charge is 0.462 e. The summed E-state index contributed by atoms with van der Waals surface area (Å²) in [4.78, 5) is 23.8. The predicted octanol–water partition coefficient (Wildman–Crippen LogP) is 4.48. The fourth-order valence-electron chi connectivity index (χ4n) is 2.00. The van der Waals surface area contributed by atoms with Crippen LogP contribution in [0.25, 0.3) is 6.08 Å². The lowest BCUT2D eigenvalue weighted by Gasteiger charge is -2.07. The number of benzene rings is 2. The number of rotatable bonds is 5. The van der Waals surface area contributed by atoms with E-state index in [1.54, 1.807) is 25.1 Å². The Hall–Kier alpha value is -2.59. The summed E-state index contributed by atoms with van der Waals surface area (Å²) in [6.45, 7) is 3.97. The zero-order valence-corrected chi connectivity index (χ0v) is 14.3. The van der Waals surface area contributed by atoms with Crippen LogP contribution in [0, 0.1) is 6.92 Å². The molecule has 4 nitrogen and oxygen atoms in total. The summed E-state index contributed by atoms with van der Waals surface area (Å²) in [5, 5.41) is 2.98. The first kappa shape index (κ1) is 17.8. The van der Waals surface area contributed by atoms with E-state index in [0.29, 0.717) is 5.69 Å². The summed E-state index contributed by atoms with van der Waals surface area (Å²) in [6, 6.07) is 12.5. The molecule has 1 N–H and O–H groups in total. The summed E-state index contributed by atoms with van der Waals surface area (Å²) in [5.41, 5.74) is 2.78. The molecule has 24 heavy (non-hydrogen) atoms. The molecular formula is C19H18ClNO3. The fourth-order valence-corrected chi connectivity index (χ4v) is 2.20. The first-order valence-corrected chi connectivity index (χ1v) is 7.90. The number of nitrogens with one attached hydrogen (secondary N) is 1. The molecule has 0 bridgehead atoms. The van der Waals surface area contributed by atoms with E-state index in [1.807, 2.05) is 31.2 Å². The van der Waals surface area contributed by atoms with Crippen LogP contribution in [0.4, 0.5) is 5.69 Å². The molecule has 0 atom stereocenters. The minimum Gasteiger partial charge on any atom is -0.462 e. The standard InChI is InChI=1S/C19H18ClNO3/c1-3-24-19(23)16-12-15(9-10-17(16)20)21-18(22)11-8-14-6-4-13(2)5-7-14/h4-12H,3H2,1-2H3,(H,21,22)/b11-8+. The minimum absolute atomic E-state index is 0.221. The van der Waals surface area contributed by atoms with Crippen molar-refractivity contribution in [1.82, 2.24) is 0 Å². The van der Waals surface area contributed by atoms with Crippen molar-refractivity contribution in [2.45, 2.75) is 13.8 Å². The average molecular weight is 344 g/mol. The highest BCUT2D eigenvalue weighted by Crippen LogP contribution is 2.21. The van der Waals surface area contributed by atoms with Crippen molar-refractivity contribution in [3.8, 4) is 0 Å². The number of amides is 1. The van der Waals surface area contributed by atoms with Crippen LogP contribution in [0.5, 0.6) is 0 Å². The van der Waals surface area contributed by atoms with Gasteiger partial charge in [0.1, 0.15) is 0 Å². The van der Waals surface area contributed by atoms with Gasteiger partial charge in [-0.25, -0.2) is 4.79 Å². The van der Waals surface area contributed by atoms with Gasteiger partial charge in [0.05, 0.1) is 17.2 Å². The number of anilines is 1. The van der Waals surface area contributed by atoms with Crippen LogP contribution >= 0.6 is 11.6 Å². The summed E-state index contributed by atoms with van der Waals surface area (Å²) in [5.74, 6) is -0.818. The molecule has 0 aromatic heterocycles. The second-order valence-corrected chi connectivity index (χ2v) is 5.56. The molecule has 5 heteroatoms. The second kappa shape index (κ2) is 8.31. The molecule has 0 radical (unpaired) electrons. The maximum Gasteiger partial charge on any atom is 0.339 e. The van der Waals surface area contributed by atoms with Gasteiger partial charge in [0.2, 0.25) is 5.91 Å². The van der Waals surface area contributed by atoms with Gasteiger partial charge in [-0.15, -0.1) is 0 Å². The lowest BCUT2D eigenvalue weighted by atomic mass is 10.1. The van der Waals surface area contributed by atoms with E-state index in [0.717, 1.165) is 11.1 Å². The zero-order chi connectivity index (χ0) is 17.5. The Balaban J connectivity index is 2.07. The maximum absolute atomic E-state index is 12.0.